The van der Waals surface area contributed by atoms with Gasteiger partial charge in [-0.3, -0.25) is 4.79 Å². The van der Waals surface area contributed by atoms with Crippen molar-refractivity contribution in [1.29, 1.82) is 0 Å². The van der Waals surface area contributed by atoms with Crippen LogP contribution in [0.5, 0.6) is 17.2 Å². The van der Waals surface area contributed by atoms with Gasteiger partial charge in [-0.05, 0) is 61.9 Å². The van der Waals surface area contributed by atoms with Crippen molar-refractivity contribution in [2.45, 2.75) is 52.5 Å². The first-order valence-electron chi connectivity index (χ1n) is 12.3. The van der Waals surface area contributed by atoms with E-state index in [4.69, 9.17) is 18.6 Å². The summed E-state index contributed by atoms with van der Waals surface area (Å²) in [7, 11) is 3.24. The van der Waals surface area contributed by atoms with Gasteiger partial charge in [-0.25, -0.2) is 0 Å². The Balaban J connectivity index is 1.70. The maximum Gasteiger partial charge on any atom is 0.244 e. The number of carbonyl (C=O) groups excluding carboxylic acids is 1. The van der Waals surface area contributed by atoms with Gasteiger partial charge < -0.3 is 23.9 Å². The molecule has 1 heterocycles. The molecule has 35 heavy (non-hydrogen) atoms. The van der Waals surface area contributed by atoms with Crippen LogP contribution in [0.2, 0.25) is 0 Å². The van der Waals surface area contributed by atoms with Crippen LogP contribution in [0, 0.1) is 5.92 Å². The fraction of sp³-hybridized carbons (Fsp3) is 0.414. The molecule has 1 aliphatic rings. The summed E-state index contributed by atoms with van der Waals surface area (Å²) in [6.07, 6.45) is 8.04. The van der Waals surface area contributed by atoms with Gasteiger partial charge in [0, 0.05) is 34.7 Å². The molecule has 0 radical (unpaired) electrons. The zero-order chi connectivity index (χ0) is 24.9. The fourth-order valence-electron chi connectivity index (χ4n) is 4.89. The quantitative estimate of drug-likeness (QED) is 0.370. The summed E-state index contributed by atoms with van der Waals surface area (Å²) in [5.41, 5.74) is 4.31. The van der Waals surface area contributed by atoms with Crippen molar-refractivity contribution in [1.82, 2.24) is 5.32 Å². The largest absolute Gasteiger partial charge is 0.493 e. The molecule has 186 valence electrons. The maximum absolute atomic E-state index is 12.9. The highest BCUT2D eigenvalue weighted by atomic mass is 16.5. The number of hydrogen-bond donors (Lipinski definition) is 1. The molecular formula is C29H35NO5. The van der Waals surface area contributed by atoms with Gasteiger partial charge in [0.1, 0.15) is 11.3 Å². The van der Waals surface area contributed by atoms with E-state index in [1.165, 1.54) is 12.8 Å². The van der Waals surface area contributed by atoms with Crippen LogP contribution in [0.3, 0.4) is 0 Å². The normalized spacial score (nSPS) is 18.4. The van der Waals surface area contributed by atoms with E-state index in [0.717, 1.165) is 46.1 Å². The van der Waals surface area contributed by atoms with E-state index in [1.54, 1.807) is 26.6 Å². The van der Waals surface area contributed by atoms with Crippen molar-refractivity contribution in [3.8, 4) is 28.4 Å². The number of rotatable bonds is 8. The fourth-order valence-corrected chi connectivity index (χ4v) is 4.89. The number of ether oxygens (including phenoxy) is 3. The van der Waals surface area contributed by atoms with Gasteiger partial charge in [0.05, 0.1) is 27.1 Å². The molecule has 2 aromatic carbocycles. The first kappa shape index (κ1) is 24.7. The van der Waals surface area contributed by atoms with Crippen LogP contribution in [0.25, 0.3) is 27.7 Å². The number of hydrogen-bond acceptors (Lipinski definition) is 5. The Morgan fingerprint density at radius 2 is 1.86 bits per heavy atom. The molecule has 0 bridgehead atoms. The van der Waals surface area contributed by atoms with E-state index in [-0.39, 0.29) is 11.9 Å². The highest BCUT2D eigenvalue weighted by molar-refractivity contribution is 6.00. The second-order valence-corrected chi connectivity index (χ2v) is 9.20. The van der Waals surface area contributed by atoms with Gasteiger partial charge in [-0.1, -0.05) is 25.8 Å². The molecule has 1 amide bonds. The molecule has 0 spiro atoms. The summed E-state index contributed by atoms with van der Waals surface area (Å²) < 4.78 is 22.7. The summed E-state index contributed by atoms with van der Waals surface area (Å²) in [5, 5.41) is 4.15. The molecular weight excluding hydrogens is 442 g/mol. The van der Waals surface area contributed by atoms with Crippen LogP contribution in [0.1, 0.15) is 52.0 Å². The predicted octanol–water partition coefficient (Wildman–Crippen LogP) is 6.61. The zero-order valence-electron chi connectivity index (χ0n) is 21.3. The molecule has 6 nitrogen and oxygen atoms in total. The lowest BCUT2D eigenvalue weighted by Gasteiger charge is -2.29. The minimum atomic E-state index is -0.0592. The number of fused-ring (bicyclic) bond motifs is 1. The van der Waals surface area contributed by atoms with E-state index < -0.39 is 0 Å². The third-order valence-corrected chi connectivity index (χ3v) is 6.88. The summed E-state index contributed by atoms with van der Waals surface area (Å²) >= 11 is 0. The molecule has 3 aromatic rings. The van der Waals surface area contributed by atoms with Crippen LogP contribution < -0.4 is 19.5 Å². The lowest BCUT2D eigenvalue weighted by Crippen LogP contribution is -2.40. The summed E-state index contributed by atoms with van der Waals surface area (Å²) in [4.78, 5) is 12.9. The van der Waals surface area contributed by atoms with Gasteiger partial charge in [-0.2, -0.15) is 0 Å². The molecule has 2 atom stereocenters. The van der Waals surface area contributed by atoms with Crippen molar-refractivity contribution >= 4 is 22.4 Å². The van der Waals surface area contributed by atoms with Crippen molar-refractivity contribution in [2.24, 2.45) is 5.92 Å². The number of allylic oxidation sites excluding steroid dienone is 1. The predicted molar refractivity (Wildman–Crippen MR) is 139 cm³/mol. The molecule has 1 N–H and O–H groups in total. The lowest BCUT2D eigenvalue weighted by molar-refractivity contribution is -0.117. The number of methoxy groups -OCH3 is 2. The standard InChI is InChI=1S/C29H35NO5/c1-6-34-26-16-27-22(23(17-35-27)20-11-12-25(32-4)28(14-20)33-5)15-21(26)19(3)13-29(31)30-24-10-8-7-9-18(24)2/h11-18,24H,6-10H2,1-5H3,(H,30,31)/b19-13+. The minimum Gasteiger partial charge on any atom is -0.493 e. The maximum atomic E-state index is 12.9. The van der Waals surface area contributed by atoms with Crippen LogP contribution >= 0.6 is 0 Å². The smallest absolute Gasteiger partial charge is 0.244 e. The Morgan fingerprint density at radius 3 is 2.57 bits per heavy atom. The minimum absolute atomic E-state index is 0.0592. The molecule has 2 unspecified atom stereocenters. The first-order valence-corrected chi connectivity index (χ1v) is 12.3. The summed E-state index contributed by atoms with van der Waals surface area (Å²) in [6, 6.07) is 9.96. The molecule has 0 saturated heterocycles. The number of carbonyl (C=O) groups is 1. The van der Waals surface area contributed by atoms with Crippen molar-refractivity contribution in [3.63, 3.8) is 0 Å². The summed E-state index contributed by atoms with van der Waals surface area (Å²) in [6.45, 7) is 6.63. The average molecular weight is 478 g/mol. The van der Waals surface area contributed by atoms with Crippen LogP contribution in [0.15, 0.2) is 47.1 Å². The second kappa shape index (κ2) is 10.9. The van der Waals surface area contributed by atoms with Gasteiger partial charge in [0.25, 0.3) is 0 Å². The second-order valence-electron chi connectivity index (χ2n) is 9.20. The molecule has 1 fully saturated rings. The van der Waals surface area contributed by atoms with E-state index in [9.17, 15) is 4.79 Å². The summed E-state index contributed by atoms with van der Waals surface area (Å²) in [5.74, 6) is 2.46. The number of nitrogens with one attached hydrogen (secondary N) is 1. The SMILES string of the molecule is CCOc1cc2occ(-c3ccc(OC)c(OC)c3)c2cc1/C(C)=C/C(=O)NC1CCCCC1C. The molecule has 6 heteroatoms. The Kier molecular flexibility index (Phi) is 7.69. The number of benzene rings is 2. The highest BCUT2D eigenvalue weighted by Crippen LogP contribution is 2.40. The van der Waals surface area contributed by atoms with Gasteiger partial charge in [0.2, 0.25) is 5.91 Å². The molecule has 1 aromatic heterocycles. The Bertz CT molecular complexity index is 1230. The molecule has 1 saturated carbocycles. The number of furan rings is 1. The molecule has 0 aliphatic heterocycles. The highest BCUT2D eigenvalue weighted by Gasteiger charge is 2.22. The van der Waals surface area contributed by atoms with Crippen LogP contribution in [-0.2, 0) is 4.79 Å². The number of amides is 1. The van der Waals surface area contributed by atoms with Crippen LogP contribution in [0.4, 0.5) is 0 Å². The van der Waals surface area contributed by atoms with Crippen LogP contribution in [-0.4, -0.2) is 32.8 Å². The van der Waals surface area contributed by atoms with Gasteiger partial charge in [0.15, 0.2) is 11.5 Å². The average Bonchev–Trinajstić information content (AvgIpc) is 3.27. The van der Waals surface area contributed by atoms with E-state index in [0.29, 0.717) is 29.8 Å². The monoisotopic (exact) mass is 477 g/mol. The first-order chi connectivity index (χ1) is 16.9. The third kappa shape index (κ3) is 5.31. The molecule has 1 aliphatic carbocycles. The van der Waals surface area contributed by atoms with Crippen molar-refractivity contribution < 1.29 is 23.4 Å². The van der Waals surface area contributed by atoms with E-state index in [2.05, 4.69) is 12.2 Å². The van der Waals surface area contributed by atoms with Crippen molar-refractivity contribution in [3.05, 3.63) is 48.2 Å². The topological polar surface area (TPSA) is 69.9 Å². The van der Waals surface area contributed by atoms with E-state index in [1.807, 2.05) is 44.2 Å². The van der Waals surface area contributed by atoms with Gasteiger partial charge in [-0.15, -0.1) is 0 Å². The van der Waals surface area contributed by atoms with Crippen molar-refractivity contribution in [2.75, 3.05) is 20.8 Å². The molecule has 4 rings (SSSR count). The lowest BCUT2D eigenvalue weighted by atomic mass is 9.86. The third-order valence-electron chi connectivity index (χ3n) is 6.88. The van der Waals surface area contributed by atoms with E-state index >= 15 is 0 Å². The zero-order valence-corrected chi connectivity index (χ0v) is 21.3. The van der Waals surface area contributed by atoms with Gasteiger partial charge >= 0.3 is 0 Å². The Morgan fingerprint density at radius 1 is 1.09 bits per heavy atom. The Labute approximate surface area is 207 Å². The Hall–Kier alpha value is -3.41.